The molecule has 5 aromatic rings. The summed E-state index contributed by atoms with van der Waals surface area (Å²) in [7, 11) is 3.15. The van der Waals surface area contributed by atoms with Gasteiger partial charge in [0.2, 0.25) is 5.78 Å². The molecule has 0 aliphatic carbocycles. The highest BCUT2D eigenvalue weighted by molar-refractivity contribution is 5.81. The highest BCUT2D eigenvalue weighted by Crippen LogP contribution is 2.33. The maximum atomic E-state index is 13.2. The minimum Gasteiger partial charge on any atom is -0.279 e. The third kappa shape index (κ3) is 2.63. The average Bonchev–Trinajstić information content (AvgIpc) is 3.31. The van der Waals surface area contributed by atoms with Crippen molar-refractivity contribution >= 4 is 16.9 Å². The third-order valence-electron chi connectivity index (χ3n) is 5.85. The van der Waals surface area contributed by atoms with E-state index in [1.54, 1.807) is 7.05 Å². The molecule has 0 atom stereocenters. The molecule has 0 fully saturated rings. The molecule has 3 aromatic heterocycles. The number of aromatic nitrogens is 5. The second-order valence-corrected chi connectivity index (χ2v) is 7.81. The van der Waals surface area contributed by atoms with Gasteiger partial charge in [-0.05, 0) is 31.0 Å². The molecule has 7 heteroatoms. The topological polar surface area (TPSA) is 66.2 Å². The lowest BCUT2D eigenvalue weighted by Crippen LogP contribution is -2.37. The van der Waals surface area contributed by atoms with Gasteiger partial charge in [0.05, 0.1) is 11.4 Å². The van der Waals surface area contributed by atoms with E-state index in [9.17, 15) is 9.59 Å². The quantitative estimate of drug-likeness (QED) is 0.456. The lowest BCUT2D eigenvalue weighted by atomic mass is 10.1. The smallest absolute Gasteiger partial charge is 0.279 e. The average molecular weight is 413 g/mol. The number of benzene rings is 2. The normalized spacial score (nSPS) is 11.6. The Bertz CT molecular complexity index is 1580. The first-order chi connectivity index (χ1) is 14.9. The third-order valence-corrected chi connectivity index (χ3v) is 5.85. The van der Waals surface area contributed by atoms with Gasteiger partial charge >= 0.3 is 5.69 Å². The molecular formula is C24H23N5O2. The molecule has 0 spiro atoms. The molecule has 0 aliphatic heterocycles. The van der Waals surface area contributed by atoms with Crippen LogP contribution < -0.4 is 11.2 Å². The molecular weight excluding hydrogens is 390 g/mol. The van der Waals surface area contributed by atoms with Crippen molar-refractivity contribution in [2.75, 3.05) is 0 Å². The van der Waals surface area contributed by atoms with Crippen LogP contribution >= 0.6 is 0 Å². The summed E-state index contributed by atoms with van der Waals surface area (Å²) in [6, 6.07) is 18.3. The fraction of sp³-hybridized carbons (Fsp3) is 0.208. The number of rotatable bonds is 3. The van der Waals surface area contributed by atoms with Gasteiger partial charge in [0.15, 0.2) is 11.2 Å². The molecule has 2 aromatic carbocycles. The Morgan fingerprint density at radius 1 is 0.935 bits per heavy atom. The van der Waals surface area contributed by atoms with Gasteiger partial charge in [0.1, 0.15) is 0 Å². The van der Waals surface area contributed by atoms with Crippen LogP contribution in [0, 0.1) is 6.92 Å². The van der Waals surface area contributed by atoms with Crippen LogP contribution in [0.1, 0.15) is 18.2 Å². The van der Waals surface area contributed by atoms with Crippen LogP contribution in [0.25, 0.3) is 33.9 Å². The molecule has 0 aliphatic rings. The van der Waals surface area contributed by atoms with E-state index in [2.05, 4.69) is 42.7 Å². The molecule has 5 rings (SSSR count). The summed E-state index contributed by atoms with van der Waals surface area (Å²) in [6.45, 7) is 4.12. The van der Waals surface area contributed by atoms with Gasteiger partial charge in [-0.3, -0.25) is 22.9 Å². The van der Waals surface area contributed by atoms with Gasteiger partial charge in [-0.1, -0.05) is 49.4 Å². The van der Waals surface area contributed by atoms with Crippen LogP contribution in [0.15, 0.2) is 64.2 Å². The largest absolute Gasteiger partial charge is 0.332 e. The van der Waals surface area contributed by atoms with E-state index < -0.39 is 0 Å². The van der Waals surface area contributed by atoms with Gasteiger partial charge in [0.25, 0.3) is 5.56 Å². The van der Waals surface area contributed by atoms with Crippen molar-refractivity contribution in [1.29, 1.82) is 0 Å². The van der Waals surface area contributed by atoms with Crippen molar-refractivity contribution in [3.63, 3.8) is 0 Å². The molecule has 156 valence electrons. The fourth-order valence-electron chi connectivity index (χ4n) is 4.35. The lowest BCUT2D eigenvalue weighted by molar-refractivity contribution is 0.707. The van der Waals surface area contributed by atoms with Crippen molar-refractivity contribution in [1.82, 2.24) is 23.1 Å². The van der Waals surface area contributed by atoms with Crippen molar-refractivity contribution in [3.05, 3.63) is 86.7 Å². The zero-order valence-electron chi connectivity index (χ0n) is 18.0. The monoisotopic (exact) mass is 413 g/mol. The van der Waals surface area contributed by atoms with Gasteiger partial charge < -0.3 is 0 Å². The number of hydrogen-bond donors (Lipinski definition) is 0. The molecule has 0 saturated heterocycles. The predicted molar refractivity (Wildman–Crippen MR) is 122 cm³/mol. The van der Waals surface area contributed by atoms with Crippen molar-refractivity contribution in [2.45, 2.75) is 20.3 Å². The summed E-state index contributed by atoms with van der Waals surface area (Å²) in [4.78, 5) is 30.5. The van der Waals surface area contributed by atoms with Gasteiger partial charge in [-0.25, -0.2) is 4.79 Å². The first-order valence-corrected chi connectivity index (χ1v) is 10.3. The number of imidazole rings is 2. The lowest BCUT2D eigenvalue weighted by Gasteiger charge is -2.12. The van der Waals surface area contributed by atoms with Crippen molar-refractivity contribution in [3.8, 4) is 16.9 Å². The summed E-state index contributed by atoms with van der Waals surface area (Å²) in [5.74, 6) is 0.620. The van der Waals surface area contributed by atoms with Crippen LogP contribution in [0.3, 0.4) is 0 Å². The number of aryl methyl sites for hydroxylation is 3. The molecule has 0 amide bonds. The van der Waals surface area contributed by atoms with E-state index in [0.717, 1.165) is 32.8 Å². The zero-order valence-corrected chi connectivity index (χ0v) is 18.0. The maximum absolute atomic E-state index is 13.2. The molecule has 0 radical (unpaired) electrons. The van der Waals surface area contributed by atoms with Crippen LogP contribution in [-0.2, 0) is 20.5 Å². The molecule has 7 nitrogen and oxygen atoms in total. The minimum atomic E-state index is -0.387. The summed E-state index contributed by atoms with van der Waals surface area (Å²) >= 11 is 0. The van der Waals surface area contributed by atoms with E-state index in [-0.39, 0.29) is 11.2 Å². The van der Waals surface area contributed by atoms with Gasteiger partial charge in [-0.15, -0.1) is 0 Å². The Kier molecular flexibility index (Phi) is 4.22. The van der Waals surface area contributed by atoms with Crippen LogP contribution in [0.4, 0.5) is 0 Å². The van der Waals surface area contributed by atoms with Gasteiger partial charge in [0, 0.05) is 25.3 Å². The van der Waals surface area contributed by atoms with Crippen molar-refractivity contribution in [2.24, 2.45) is 14.1 Å². The van der Waals surface area contributed by atoms with E-state index in [1.165, 1.54) is 11.6 Å². The number of hydrogen-bond acceptors (Lipinski definition) is 3. The maximum Gasteiger partial charge on any atom is 0.332 e. The zero-order chi connectivity index (χ0) is 21.9. The van der Waals surface area contributed by atoms with Crippen molar-refractivity contribution < 1.29 is 0 Å². The van der Waals surface area contributed by atoms with E-state index in [4.69, 9.17) is 4.98 Å². The Labute approximate surface area is 178 Å². The summed E-state index contributed by atoms with van der Waals surface area (Å²) in [5, 5.41) is 0. The summed E-state index contributed by atoms with van der Waals surface area (Å²) in [6.07, 6.45) is 0.691. The summed E-state index contributed by atoms with van der Waals surface area (Å²) in [5.41, 5.74) is 5.17. The molecule has 0 saturated carbocycles. The Morgan fingerprint density at radius 3 is 2.35 bits per heavy atom. The Hall–Kier alpha value is -3.87. The fourth-order valence-corrected chi connectivity index (χ4v) is 4.35. The number of nitrogens with zero attached hydrogens (tertiary/aromatic N) is 5. The van der Waals surface area contributed by atoms with Crippen LogP contribution in [-0.4, -0.2) is 23.1 Å². The van der Waals surface area contributed by atoms with Crippen LogP contribution in [0.2, 0.25) is 0 Å². The highest BCUT2D eigenvalue weighted by Gasteiger charge is 2.25. The molecule has 0 unspecified atom stereocenters. The summed E-state index contributed by atoms with van der Waals surface area (Å²) < 4.78 is 6.58. The predicted octanol–water partition coefficient (Wildman–Crippen LogP) is 3.21. The van der Waals surface area contributed by atoms with Gasteiger partial charge in [-0.2, -0.15) is 4.98 Å². The van der Waals surface area contributed by atoms with E-state index in [0.29, 0.717) is 23.4 Å². The SMILES string of the molecule is CCc1c(-c2ccccc2)n(-c2cccc(C)c2)c2nc3c(c(=O)n(C)c(=O)n3C)n12. The first-order valence-electron chi connectivity index (χ1n) is 10.3. The standard InChI is InChI=1S/C24H23N5O2/c1-5-18-19(16-11-7-6-8-12-16)28(17-13-9-10-15(2)14-17)23-25-21-20(29(18)23)22(30)27(4)24(31)26(21)3/h6-14H,5H2,1-4H3. The second-order valence-electron chi connectivity index (χ2n) is 7.81. The second kappa shape index (κ2) is 6.84. The molecule has 0 bridgehead atoms. The minimum absolute atomic E-state index is 0.346. The molecule has 3 heterocycles. The van der Waals surface area contributed by atoms with E-state index >= 15 is 0 Å². The van der Waals surface area contributed by atoms with Crippen LogP contribution in [0.5, 0.6) is 0 Å². The first kappa shape index (κ1) is 19.1. The Morgan fingerprint density at radius 2 is 1.68 bits per heavy atom. The molecule has 0 N–H and O–H groups in total. The number of fused-ring (bicyclic) bond motifs is 3. The van der Waals surface area contributed by atoms with E-state index in [1.807, 2.05) is 34.7 Å². The highest BCUT2D eigenvalue weighted by atomic mass is 16.2. The molecule has 31 heavy (non-hydrogen) atoms. The Balaban J connectivity index is 2.07.